The fraction of sp³-hybridized carbons (Fsp3) is 0.208. The number of aromatic amines is 1. The van der Waals surface area contributed by atoms with E-state index in [0.29, 0.717) is 18.3 Å². The molecule has 0 radical (unpaired) electrons. The second-order valence-electron chi connectivity index (χ2n) is 7.61. The molecule has 5 heteroatoms. The van der Waals surface area contributed by atoms with Crippen LogP contribution in [0.15, 0.2) is 73.2 Å². The maximum atomic E-state index is 5.93. The quantitative estimate of drug-likeness (QED) is 0.503. The number of ether oxygens (including phenoxy) is 1. The fourth-order valence-corrected chi connectivity index (χ4v) is 3.24. The molecule has 0 saturated carbocycles. The van der Waals surface area contributed by atoms with E-state index in [0.717, 1.165) is 11.4 Å². The molecular formula is C24H24N4O. The monoisotopic (exact) mass is 384 g/mol. The molecule has 2 heterocycles. The topological polar surface area (TPSA) is 63.7 Å². The maximum absolute atomic E-state index is 5.93. The highest BCUT2D eigenvalue weighted by molar-refractivity contribution is 5.42. The molecule has 2 aromatic heterocycles. The molecule has 0 atom stereocenters. The Bertz CT molecular complexity index is 1070. The number of rotatable bonds is 6. The van der Waals surface area contributed by atoms with Crippen LogP contribution in [0.4, 0.5) is 0 Å². The molecule has 0 saturated heterocycles. The molecule has 0 aliphatic rings. The number of benzene rings is 2. The molecule has 146 valence electrons. The number of aryl methyl sites for hydroxylation is 1. The maximum Gasteiger partial charge on any atom is 0.196 e. The van der Waals surface area contributed by atoms with E-state index >= 15 is 0 Å². The van der Waals surface area contributed by atoms with Gasteiger partial charge in [0.1, 0.15) is 12.4 Å². The van der Waals surface area contributed by atoms with Gasteiger partial charge in [-0.1, -0.05) is 55.8 Å². The Kier molecular flexibility index (Phi) is 5.12. The number of H-pyrrole nitrogens is 1. The molecular weight excluding hydrogens is 360 g/mol. The summed E-state index contributed by atoms with van der Waals surface area (Å²) in [5.41, 5.74) is 4.54. The summed E-state index contributed by atoms with van der Waals surface area (Å²) in [4.78, 5) is 16.0. The molecule has 29 heavy (non-hydrogen) atoms. The van der Waals surface area contributed by atoms with Crippen LogP contribution in [0.1, 0.15) is 36.2 Å². The van der Waals surface area contributed by atoms with Crippen LogP contribution < -0.4 is 4.74 Å². The zero-order valence-electron chi connectivity index (χ0n) is 16.9. The molecule has 2 aromatic carbocycles. The van der Waals surface area contributed by atoms with Gasteiger partial charge >= 0.3 is 0 Å². The molecule has 0 aliphatic carbocycles. The van der Waals surface area contributed by atoms with Gasteiger partial charge in [0.2, 0.25) is 0 Å². The van der Waals surface area contributed by atoms with Gasteiger partial charge in [0.05, 0.1) is 5.69 Å². The normalized spacial score (nSPS) is 11.4. The first kappa shape index (κ1) is 18.9. The van der Waals surface area contributed by atoms with E-state index in [4.69, 9.17) is 4.74 Å². The summed E-state index contributed by atoms with van der Waals surface area (Å²) in [5.74, 6) is 2.02. The van der Waals surface area contributed by atoms with Gasteiger partial charge in [0, 0.05) is 24.0 Å². The van der Waals surface area contributed by atoms with E-state index in [2.05, 4.69) is 77.1 Å². The van der Waals surface area contributed by atoms with Crippen molar-refractivity contribution in [2.45, 2.75) is 32.8 Å². The van der Waals surface area contributed by atoms with Gasteiger partial charge in [-0.25, -0.2) is 15.0 Å². The van der Waals surface area contributed by atoms with Crippen molar-refractivity contribution in [2.24, 2.45) is 0 Å². The Morgan fingerprint density at radius 2 is 1.55 bits per heavy atom. The third-order valence-corrected chi connectivity index (χ3v) is 5.16. The molecule has 1 N–H and O–H groups in total. The average Bonchev–Trinajstić information content (AvgIpc) is 3.28. The van der Waals surface area contributed by atoms with Crippen molar-refractivity contribution in [2.75, 3.05) is 0 Å². The van der Waals surface area contributed by atoms with E-state index in [-0.39, 0.29) is 5.41 Å². The second-order valence-corrected chi connectivity index (χ2v) is 7.61. The van der Waals surface area contributed by atoms with Gasteiger partial charge in [0.15, 0.2) is 11.6 Å². The highest BCUT2D eigenvalue weighted by Crippen LogP contribution is 2.32. The minimum atomic E-state index is -0.0726. The summed E-state index contributed by atoms with van der Waals surface area (Å²) in [6, 6.07) is 18.9. The zero-order valence-corrected chi connectivity index (χ0v) is 16.9. The lowest BCUT2D eigenvalue weighted by Crippen LogP contribution is -2.18. The Balaban J connectivity index is 1.45. The summed E-state index contributed by atoms with van der Waals surface area (Å²) < 4.78 is 5.93. The zero-order chi connectivity index (χ0) is 20.3. The van der Waals surface area contributed by atoms with Crippen molar-refractivity contribution in [3.8, 4) is 17.4 Å². The number of nitrogens with one attached hydrogen (secondary N) is 1. The first-order valence-electron chi connectivity index (χ1n) is 9.64. The summed E-state index contributed by atoms with van der Waals surface area (Å²) in [7, 11) is 0. The molecule has 5 nitrogen and oxygen atoms in total. The van der Waals surface area contributed by atoms with E-state index in [9.17, 15) is 0 Å². The lowest BCUT2D eigenvalue weighted by Gasteiger charge is -2.26. The highest BCUT2D eigenvalue weighted by Gasteiger charge is 2.22. The number of hydrogen-bond donors (Lipinski definition) is 1. The van der Waals surface area contributed by atoms with Crippen LogP contribution in [-0.2, 0) is 12.0 Å². The van der Waals surface area contributed by atoms with Crippen LogP contribution in [0.3, 0.4) is 0 Å². The first-order valence-corrected chi connectivity index (χ1v) is 9.64. The lowest BCUT2D eigenvalue weighted by molar-refractivity contribution is 0.301. The third-order valence-electron chi connectivity index (χ3n) is 5.16. The van der Waals surface area contributed by atoms with Gasteiger partial charge in [-0.05, 0) is 36.2 Å². The summed E-state index contributed by atoms with van der Waals surface area (Å²) in [5, 5.41) is 0. The predicted molar refractivity (Wildman–Crippen MR) is 114 cm³/mol. The summed E-state index contributed by atoms with van der Waals surface area (Å²) >= 11 is 0. The minimum Gasteiger partial charge on any atom is -0.487 e. The highest BCUT2D eigenvalue weighted by atomic mass is 16.5. The van der Waals surface area contributed by atoms with E-state index < -0.39 is 0 Å². The van der Waals surface area contributed by atoms with E-state index in [1.165, 1.54) is 16.7 Å². The van der Waals surface area contributed by atoms with Gasteiger partial charge in [-0.2, -0.15) is 0 Å². The standard InChI is InChI=1S/C24H24N4O/c1-17-4-6-18(7-5-17)24(2,3)19-8-10-21(11-9-19)29-16-20-12-13-25-23(28-20)22-26-14-15-27-22/h4-15H,16H2,1-3H3,(H,26,27). The van der Waals surface area contributed by atoms with E-state index in [1.54, 1.807) is 18.6 Å². The number of nitrogens with zero attached hydrogens (tertiary/aromatic N) is 3. The van der Waals surface area contributed by atoms with Gasteiger partial charge in [0.25, 0.3) is 0 Å². The van der Waals surface area contributed by atoms with Crippen molar-refractivity contribution in [3.05, 3.63) is 95.6 Å². The first-order chi connectivity index (χ1) is 14.0. The van der Waals surface area contributed by atoms with Crippen molar-refractivity contribution in [1.82, 2.24) is 19.9 Å². The lowest BCUT2D eigenvalue weighted by atomic mass is 9.78. The van der Waals surface area contributed by atoms with Gasteiger partial charge < -0.3 is 9.72 Å². The number of imidazole rings is 1. The van der Waals surface area contributed by atoms with Crippen molar-refractivity contribution < 1.29 is 4.74 Å². The third kappa shape index (κ3) is 4.19. The largest absolute Gasteiger partial charge is 0.487 e. The van der Waals surface area contributed by atoms with Crippen molar-refractivity contribution in [1.29, 1.82) is 0 Å². The SMILES string of the molecule is Cc1ccc(C(C)(C)c2ccc(OCc3ccnc(-c4ncc[nH]4)n3)cc2)cc1. The van der Waals surface area contributed by atoms with Gasteiger partial charge in [-0.15, -0.1) is 0 Å². The van der Waals surface area contributed by atoms with Crippen LogP contribution >= 0.6 is 0 Å². The predicted octanol–water partition coefficient (Wildman–Crippen LogP) is 5.08. The molecule has 0 aliphatic heterocycles. The number of hydrogen-bond acceptors (Lipinski definition) is 4. The van der Waals surface area contributed by atoms with Crippen LogP contribution in [0.5, 0.6) is 5.75 Å². The molecule has 0 spiro atoms. The molecule has 4 aromatic rings. The smallest absolute Gasteiger partial charge is 0.196 e. The summed E-state index contributed by atoms with van der Waals surface area (Å²) in [6.07, 6.45) is 5.15. The number of aromatic nitrogens is 4. The van der Waals surface area contributed by atoms with Crippen LogP contribution in [0.2, 0.25) is 0 Å². The Hall–Kier alpha value is -3.47. The van der Waals surface area contributed by atoms with Gasteiger partial charge in [-0.3, -0.25) is 0 Å². The van der Waals surface area contributed by atoms with E-state index in [1.807, 2.05) is 18.2 Å². The van der Waals surface area contributed by atoms with Crippen molar-refractivity contribution in [3.63, 3.8) is 0 Å². The Labute approximate surface area is 170 Å². The van der Waals surface area contributed by atoms with Crippen LogP contribution in [0.25, 0.3) is 11.6 Å². The fourth-order valence-electron chi connectivity index (χ4n) is 3.24. The average molecular weight is 384 g/mol. The minimum absolute atomic E-state index is 0.0726. The Morgan fingerprint density at radius 3 is 2.21 bits per heavy atom. The molecule has 0 fully saturated rings. The van der Waals surface area contributed by atoms with Crippen LogP contribution in [0, 0.1) is 6.92 Å². The Morgan fingerprint density at radius 1 is 0.862 bits per heavy atom. The summed E-state index contributed by atoms with van der Waals surface area (Å²) in [6.45, 7) is 6.96. The van der Waals surface area contributed by atoms with Crippen molar-refractivity contribution >= 4 is 0 Å². The molecule has 0 bridgehead atoms. The molecule has 0 amide bonds. The van der Waals surface area contributed by atoms with Crippen LogP contribution in [-0.4, -0.2) is 19.9 Å². The molecule has 0 unspecified atom stereocenters. The second kappa shape index (κ2) is 7.87. The molecule has 4 rings (SSSR count).